The number of fused-ring (bicyclic) bond motifs is 1. The van der Waals surface area contributed by atoms with Crippen LogP contribution < -0.4 is 11.1 Å². The van der Waals surface area contributed by atoms with Crippen LogP contribution in [0.15, 0.2) is 55.2 Å². The summed E-state index contributed by atoms with van der Waals surface area (Å²) in [5.41, 5.74) is 7.01. The van der Waals surface area contributed by atoms with E-state index in [0.29, 0.717) is 35.1 Å². The Labute approximate surface area is 183 Å². The number of ketones is 1. The van der Waals surface area contributed by atoms with Crippen LogP contribution in [0.4, 0.5) is 5.82 Å². The highest BCUT2D eigenvalue weighted by Gasteiger charge is 2.14. The summed E-state index contributed by atoms with van der Waals surface area (Å²) in [7, 11) is 0. The van der Waals surface area contributed by atoms with Gasteiger partial charge in [-0.1, -0.05) is 29.8 Å². The molecule has 154 valence electrons. The van der Waals surface area contributed by atoms with Crippen LogP contribution in [0.2, 0.25) is 5.02 Å². The van der Waals surface area contributed by atoms with Gasteiger partial charge in [0.2, 0.25) is 0 Å². The molecule has 0 saturated heterocycles. The van der Waals surface area contributed by atoms with Crippen LogP contribution in [0.25, 0.3) is 10.8 Å². The molecule has 0 atom stereocenters. The predicted octanol–water partition coefficient (Wildman–Crippen LogP) is 4.33. The van der Waals surface area contributed by atoms with Crippen molar-refractivity contribution in [2.45, 2.75) is 25.9 Å². The minimum Gasteiger partial charge on any atom is -0.383 e. The lowest BCUT2D eigenvalue weighted by molar-refractivity contribution is 0.0986. The number of Topliss-reactive ketones (excluding diaryl/α,β-unsaturated/α-hetero) is 1. The molecule has 0 amide bonds. The second kappa shape index (κ2) is 9.38. The number of pyridine rings is 1. The van der Waals surface area contributed by atoms with Gasteiger partial charge in [-0.25, -0.2) is 9.97 Å². The Balaban J connectivity index is 1.32. The first-order chi connectivity index (χ1) is 14.6. The number of rotatable bonds is 9. The molecule has 4 aromatic rings. The van der Waals surface area contributed by atoms with Crippen LogP contribution in [0.5, 0.6) is 0 Å². The van der Waals surface area contributed by atoms with Crippen molar-refractivity contribution >= 4 is 45.3 Å². The number of nitrogens with one attached hydrogen (secondary N) is 1. The molecule has 8 heteroatoms. The molecule has 0 aliphatic rings. The number of imidazole rings is 1. The fourth-order valence-electron chi connectivity index (χ4n) is 3.28. The minimum atomic E-state index is 0.112. The molecule has 0 aliphatic heterocycles. The smallest absolute Gasteiger partial charge is 0.173 e. The zero-order chi connectivity index (χ0) is 20.9. The van der Waals surface area contributed by atoms with Crippen LogP contribution in [0.1, 0.15) is 26.5 Å². The molecule has 3 N–H and O–H groups in total. The summed E-state index contributed by atoms with van der Waals surface area (Å²) in [6, 6.07) is 9.76. The fourth-order valence-corrected chi connectivity index (χ4v) is 4.63. The van der Waals surface area contributed by atoms with Crippen LogP contribution >= 0.6 is 22.9 Å². The van der Waals surface area contributed by atoms with Crippen molar-refractivity contribution in [3.63, 3.8) is 0 Å². The Morgan fingerprint density at radius 3 is 2.97 bits per heavy atom. The molecular formula is C22H22ClN5OS. The van der Waals surface area contributed by atoms with E-state index in [-0.39, 0.29) is 5.78 Å². The molecule has 6 nitrogen and oxygen atoms in total. The number of nitrogens with zero attached hydrogens (tertiary/aromatic N) is 3. The standard InChI is InChI=1S/C22H22ClN5OS/c23-18-12-20(30-21(18)13-25-7-9-28-10-8-26-14-28)19(29)4-2-15-1-3-17-16(11-15)5-6-27-22(17)24/h1,3,5-6,8,10-12,14,25H,2,4,7,9,13H2,(H2,24,27). The van der Waals surface area contributed by atoms with Crippen LogP contribution in [-0.4, -0.2) is 26.9 Å². The van der Waals surface area contributed by atoms with Crippen molar-refractivity contribution in [2.24, 2.45) is 0 Å². The van der Waals surface area contributed by atoms with Crippen molar-refractivity contribution < 1.29 is 4.79 Å². The fraction of sp³-hybridized carbons (Fsp3) is 0.227. The van der Waals surface area contributed by atoms with Gasteiger partial charge in [0, 0.05) is 54.9 Å². The van der Waals surface area contributed by atoms with Gasteiger partial charge in [0.15, 0.2) is 5.78 Å². The van der Waals surface area contributed by atoms with Crippen molar-refractivity contribution in [1.29, 1.82) is 0 Å². The van der Waals surface area contributed by atoms with E-state index in [1.54, 1.807) is 24.8 Å². The SMILES string of the molecule is Nc1nccc2cc(CCC(=O)c3cc(Cl)c(CNCCn4ccnc4)s3)ccc12. The lowest BCUT2D eigenvalue weighted by Gasteiger charge is -2.05. The Morgan fingerprint density at radius 2 is 2.13 bits per heavy atom. The molecule has 3 heterocycles. The minimum absolute atomic E-state index is 0.112. The van der Waals surface area contributed by atoms with E-state index in [0.717, 1.165) is 34.3 Å². The normalized spacial score (nSPS) is 11.2. The second-order valence-electron chi connectivity index (χ2n) is 7.03. The van der Waals surface area contributed by atoms with Crippen molar-refractivity contribution in [3.8, 4) is 0 Å². The van der Waals surface area contributed by atoms with Gasteiger partial charge >= 0.3 is 0 Å². The Bertz CT molecular complexity index is 1160. The number of hydrogen-bond acceptors (Lipinski definition) is 6. The number of hydrogen-bond donors (Lipinski definition) is 2. The van der Waals surface area contributed by atoms with Crippen LogP contribution in [-0.2, 0) is 19.5 Å². The molecular weight excluding hydrogens is 418 g/mol. The number of halogens is 1. The van der Waals surface area contributed by atoms with E-state index in [9.17, 15) is 4.79 Å². The summed E-state index contributed by atoms with van der Waals surface area (Å²) in [5, 5.41) is 5.98. The molecule has 1 aromatic carbocycles. The summed E-state index contributed by atoms with van der Waals surface area (Å²) in [5.74, 6) is 0.635. The second-order valence-corrected chi connectivity index (χ2v) is 8.58. The summed E-state index contributed by atoms with van der Waals surface area (Å²) in [6.45, 7) is 2.28. The lowest BCUT2D eigenvalue weighted by Crippen LogP contribution is -2.18. The third-order valence-corrected chi connectivity index (χ3v) is 6.55. The summed E-state index contributed by atoms with van der Waals surface area (Å²) < 4.78 is 2.01. The monoisotopic (exact) mass is 439 g/mol. The molecule has 0 radical (unpaired) electrons. The number of carbonyl (C=O) groups is 1. The van der Waals surface area contributed by atoms with Crippen LogP contribution in [0, 0.1) is 0 Å². The average molecular weight is 440 g/mol. The number of thiophene rings is 1. The molecule has 3 aromatic heterocycles. The van der Waals surface area contributed by atoms with E-state index < -0.39 is 0 Å². The number of nitrogens with two attached hydrogens (primary N) is 1. The number of aryl methyl sites for hydroxylation is 1. The molecule has 0 spiro atoms. The zero-order valence-corrected chi connectivity index (χ0v) is 17.9. The first-order valence-corrected chi connectivity index (χ1v) is 10.9. The summed E-state index contributed by atoms with van der Waals surface area (Å²) in [6.07, 6.45) is 8.29. The summed E-state index contributed by atoms with van der Waals surface area (Å²) >= 11 is 7.82. The maximum Gasteiger partial charge on any atom is 0.173 e. The molecule has 0 bridgehead atoms. The average Bonchev–Trinajstić information content (AvgIpc) is 3.39. The molecule has 4 rings (SSSR count). The van der Waals surface area contributed by atoms with Gasteiger partial charge in [-0.3, -0.25) is 4.79 Å². The Morgan fingerprint density at radius 1 is 1.23 bits per heavy atom. The molecule has 30 heavy (non-hydrogen) atoms. The lowest BCUT2D eigenvalue weighted by atomic mass is 10.0. The number of benzene rings is 1. The van der Waals surface area contributed by atoms with E-state index in [4.69, 9.17) is 17.3 Å². The Kier molecular flexibility index (Phi) is 6.42. The van der Waals surface area contributed by atoms with Gasteiger partial charge in [-0.05, 0) is 29.5 Å². The van der Waals surface area contributed by atoms with Crippen molar-refractivity contribution in [2.75, 3.05) is 12.3 Å². The topological polar surface area (TPSA) is 85.8 Å². The van der Waals surface area contributed by atoms with Gasteiger partial charge in [-0.2, -0.15) is 0 Å². The molecule has 0 unspecified atom stereocenters. The largest absolute Gasteiger partial charge is 0.383 e. The highest BCUT2D eigenvalue weighted by atomic mass is 35.5. The quantitative estimate of drug-likeness (QED) is 0.299. The van der Waals surface area contributed by atoms with Crippen molar-refractivity contribution in [1.82, 2.24) is 19.9 Å². The zero-order valence-electron chi connectivity index (χ0n) is 16.3. The van der Waals surface area contributed by atoms with Gasteiger partial charge < -0.3 is 15.6 Å². The first kappa shape index (κ1) is 20.5. The van der Waals surface area contributed by atoms with Gasteiger partial charge in [-0.15, -0.1) is 11.3 Å². The number of anilines is 1. The third-order valence-electron chi connectivity index (χ3n) is 4.92. The van der Waals surface area contributed by atoms with E-state index in [1.807, 2.05) is 29.0 Å². The number of carbonyl (C=O) groups excluding carboxylic acids is 1. The summed E-state index contributed by atoms with van der Waals surface area (Å²) in [4.78, 5) is 22.5. The third kappa shape index (κ3) is 4.87. The van der Waals surface area contributed by atoms with Gasteiger partial charge in [0.1, 0.15) is 5.82 Å². The molecule has 0 fully saturated rings. The van der Waals surface area contributed by atoms with E-state index in [1.165, 1.54) is 11.3 Å². The van der Waals surface area contributed by atoms with Gasteiger partial charge in [0.25, 0.3) is 0 Å². The van der Waals surface area contributed by atoms with Crippen LogP contribution in [0.3, 0.4) is 0 Å². The highest BCUT2D eigenvalue weighted by Crippen LogP contribution is 2.28. The van der Waals surface area contributed by atoms with E-state index in [2.05, 4.69) is 21.4 Å². The van der Waals surface area contributed by atoms with E-state index >= 15 is 0 Å². The maximum atomic E-state index is 12.7. The predicted molar refractivity (Wildman–Crippen MR) is 122 cm³/mol. The highest BCUT2D eigenvalue weighted by molar-refractivity contribution is 7.14. The number of nitrogen functional groups attached to an aromatic ring is 1. The first-order valence-electron chi connectivity index (χ1n) is 9.71. The van der Waals surface area contributed by atoms with Crippen molar-refractivity contribution in [3.05, 3.63) is 75.6 Å². The maximum absolute atomic E-state index is 12.7. The Hall–Kier alpha value is -2.74. The molecule has 0 saturated carbocycles. The van der Waals surface area contributed by atoms with Gasteiger partial charge in [0.05, 0.1) is 16.2 Å². The molecule has 0 aliphatic carbocycles. The number of aromatic nitrogens is 3.